The summed E-state index contributed by atoms with van der Waals surface area (Å²) < 4.78 is 28.7. The molecule has 9 heteroatoms. The van der Waals surface area contributed by atoms with Gasteiger partial charge in [-0.25, -0.2) is 18.4 Å². The highest BCUT2D eigenvalue weighted by atomic mass is 32.2. The molecule has 0 N–H and O–H groups in total. The van der Waals surface area contributed by atoms with E-state index in [1.165, 1.54) is 21.1 Å². The van der Waals surface area contributed by atoms with Gasteiger partial charge in [0.05, 0.1) is 11.8 Å². The number of hydrogen-bond acceptors (Lipinski definition) is 6. The summed E-state index contributed by atoms with van der Waals surface area (Å²) in [6, 6.07) is 5.07. The van der Waals surface area contributed by atoms with Crippen molar-refractivity contribution in [2.24, 2.45) is 7.05 Å². The van der Waals surface area contributed by atoms with Crippen LogP contribution in [0.25, 0.3) is 0 Å². The molecule has 1 fully saturated rings. The summed E-state index contributed by atoms with van der Waals surface area (Å²) in [4.78, 5) is 21.5. The lowest BCUT2D eigenvalue weighted by Crippen LogP contribution is -2.35. The minimum absolute atomic E-state index is 0.0679. The van der Waals surface area contributed by atoms with Crippen molar-refractivity contribution in [3.8, 4) is 6.07 Å². The number of rotatable bonds is 5. The highest BCUT2D eigenvalue weighted by Gasteiger charge is 2.31. The lowest BCUT2D eigenvalue weighted by molar-refractivity contribution is 0.0968. The molecular formula is C19H23N5O3S. The van der Waals surface area contributed by atoms with Crippen LogP contribution >= 0.6 is 0 Å². The molecule has 2 aromatic heterocycles. The summed E-state index contributed by atoms with van der Waals surface area (Å²) in [5, 5.41) is 9.57. The van der Waals surface area contributed by atoms with Crippen molar-refractivity contribution in [1.82, 2.24) is 18.8 Å². The summed E-state index contributed by atoms with van der Waals surface area (Å²) in [5.41, 5.74) is 1.47. The topological polar surface area (TPSA) is 109 Å². The number of carbonyl (C=O) groups excluding carboxylic acids is 1. The molecule has 148 valence electrons. The molecule has 3 rings (SSSR count). The number of Topliss-reactive ketones (excluding diaryl/α,β-unsaturated/α-hetero) is 1. The molecule has 1 unspecified atom stereocenters. The Kier molecular flexibility index (Phi) is 5.63. The van der Waals surface area contributed by atoms with Gasteiger partial charge in [-0.1, -0.05) is 6.42 Å². The van der Waals surface area contributed by atoms with Gasteiger partial charge in [0.2, 0.25) is 15.8 Å². The first-order valence-corrected chi connectivity index (χ1v) is 10.6. The summed E-state index contributed by atoms with van der Waals surface area (Å²) >= 11 is 0. The van der Waals surface area contributed by atoms with E-state index in [1.807, 2.05) is 6.07 Å². The number of hydrogen-bond donors (Lipinski definition) is 0. The first-order valence-electron chi connectivity index (χ1n) is 9.16. The maximum Gasteiger partial charge on any atom is 0.244 e. The van der Waals surface area contributed by atoms with Crippen LogP contribution in [0, 0.1) is 25.2 Å². The van der Waals surface area contributed by atoms with E-state index in [-0.39, 0.29) is 16.4 Å². The minimum Gasteiger partial charge on any atom is -0.347 e. The molecule has 0 spiro atoms. The molecule has 1 aliphatic rings. The summed E-state index contributed by atoms with van der Waals surface area (Å²) in [7, 11) is -2.07. The molecule has 0 bridgehead atoms. The maximum atomic E-state index is 13.0. The molecule has 1 aliphatic heterocycles. The van der Waals surface area contributed by atoms with E-state index in [2.05, 4.69) is 9.97 Å². The number of aromatic nitrogens is 3. The second-order valence-electron chi connectivity index (χ2n) is 7.07. The second kappa shape index (κ2) is 7.81. The predicted octanol–water partition coefficient (Wildman–Crippen LogP) is 2.10. The Morgan fingerprint density at radius 1 is 1.14 bits per heavy atom. The first kappa shape index (κ1) is 20.2. The summed E-state index contributed by atoms with van der Waals surface area (Å²) in [6.45, 7) is 4.50. The summed E-state index contributed by atoms with van der Waals surface area (Å²) in [5.74, 6) is -1.58. The zero-order valence-electron chi connectivity index (χ0n) is 16.2. The van der Waals surface area contributed by atoms with Crippen molar-refractivity contribution in [3.63, 3.8) is 0 Å². The quantitative estimate of drug-likeness (QED) is 0.710. The van der Waals surface area contributed by atoms with E-state index >= 15 is 0 Å². The molecular weight excluding hydrogens is 378 g/mol. The van der Waals surface area contributed by atoms with Crippen molar-refractivity contribution < 1.29 is 13.2 Å². The Morgan fingerprint density at radius 2 is 1.75 bits per heavy atom. The highest BCUT2D eigenvalue weighted by Crippen LogP contribution is 2.25. The highest BCUT2D eigenvalue weighted by molar-refractivity contribution is 7.89. The van der Waals surface area contributed by atoms with Crippen LogP contribution in [0.3, 0.4) is 0 Å². The van der Waals surface area contributed by atoms with Gasteiger partial charge in [0, 0.05) is 37.7 Å². The van der Waals surface area contributed by atoms with Crippen LogP contribution in [-0.2, 0) is 17.1 Å². The van der Waals surface area contributed by atoms with E-state index in [4.69, 9.17) is 0 Å². The predicted molar refractivity (Wildman–Crippen MR) is 102 cm³/mol. The Hall–Kier alpha value is -2.57. The SMILES string of the molecule is Cc1cc(C)nc(C(C#N)C(=O)c2cc(S(=O)(=O)N3CCCCC3)cn2C)n1. The monoisotopic (exact) mass is 401 g/mol. The van der Waals surface area contributed by atoms with E-state index in [9.17, 15) is 18.5 Å². The molecule has 0 radical (unpaired) electrons. The van der Waals surface area contributed by atoms with Crippen molar-refractivity contribution in [3.05, 3.63) is 41.2 Å². The van der Waals surface area contributed by atoms with Crippen molar-refractivity contribution in [2.45, 2.75) is 43.9 Å². The maximum absolute atomic E-state index is 13.0. The zero-order valence-corrected chi connectivity index (χ0v) is 17.0. The van der Waals surface area contributed by atoms with E-state index < -0.39 is 21.7 Å². The first-order chi connectivity index (χ1) is 13.2. The molecule has 28 heavy (non-hydrogen) atoms. The number of sulfonamides is 1. The van der Waals surface area contributed by atoms with Crippen LogP contribution in [0.15, 0.2) is 23.2 Å². The lowest BCUT2D eigenvalue weighted by Gasteiger charge is -2.25. The fourth-order valence-electron chi connectivity index (χ4n) is 3.44. The van der Waals surface area contributed by atoms with Crippen LogP contribution in [0.4, 0.5) is 0 Å². The van der Waals surface area contributed by atoms with Gasteiger partial charge < -0.3 is 4.57 Å². The van der Waals surface area contributed by atoms with Gasteiger partial charge in [0.15, 0.2) is 11.7 Å². The van der Waals surface area contributed by atoms with Crippen LogP contribution < -0.4 is 0 Å². The average Bonchev–Trinajstić information content (AvgIpc) is 3.05. The number of nitrogens with zero attached hydrogens (tertiary/aromatic N) is 5. The Morgan fingerprint density at radius 3 is 2.32 bits per heavy atom. The average molecular weight is 401 g/mol. The fraction of sp³-hybridized carbons (Fsp3) is 0.474. The van der Waals surface area contributed by atoms with Gasteiger partial charge in [0.1, 0.15) is 4.90 Å². The number of aryl methyl sites for hydroxylation is 3. The van der Waals surface area contributed by atoms with Gasteiger partial charge in [0.25, 0.3) is 0 Å². The fourth-order valence-corrected chi connectivity index (χ4v) is 5.03. The van der Waals surface area contributed by atoms with E-state index in [1.54, 1.807) is 27.0 Å². The molecule has 0 aromatic carbocycles. The standard InChI is InChI=1S/C19H23N5O3S/c1-13-9-14(2)22-19(21-13)16(11-20)18(25)17-10-15(12-23(17)3)28(26,27)24-7-5-4-6-8-24/h9-10,12,16H,4-8H2,1-3H3. The lowest BCUT2D eigenvalue weighted by atomic mass is 10.0. The van der Waals surface area contributed by atoms with Gasteiger partial charge in [-0.15, -0.1) is 0 Å². The number of nitriles is 1. The van der Waals surface area contributed by atoms with Gasteiger partial charge >= 0.3 is 0 Å². The van der Waals surface area contributed by atoms with Crippen LogP contribution in [0.2, 0.25) is 0 Å². The molecule has 3 heterocycles. The van der Waals surface area contributed by atoms with Crippen molar-refractivity contribution >= 4 is 15.8 Å². The van der Waals surface area contributed by atoms with Crippen LogP contribution in [0.5, 0.6) is 0 Å². The molecule has 2 aromatic rings. The van der Waals surface area contributed by atoms with E-state index in [0.29, 0.717) is 24.5 Å². The van der Waals surface area contributed by atoms with Gasteiger partial charge in [-0.2, -0.15) is 9.57 Å². The molecule has 1 atom stereocenters. The molecule has 0 aliphatic carbocycles. The van der Waals surface area contributed by atoms with Gasteiger partial charge in [-0.3, -0.25) is 4.79 Å². The smallest absolute Gasteiger partial charge is 0.244 e. The van der Waals surface area contributed by atoms with E-state index in [0.717, 1.165) is 19.3 Å². The molecule has 0 saturated carbocycles. The number of carbonyl (C=O) groups is 1. The molecule has 0 amide bonds. The minimum atomic E-state index is -3.66. The molecule has 8 nitrogen and oxygen atoms in total. The largest absolute Gasteiger partial charge is 0.347 e. The molecule has 1 saturated heterocycles. The van der Waals surface area contributed by atoms with Crippen molar-refractivity contribution in [2.75, 3.05) is 13.1 Å². The normalized spacial score (nSPS) is 16.5. The van der Waals surface area contributed by atoms with Gasteiger partial charge in [-0.05, 0) is 38.8 Å². The van der Waals surface area contributed by atoms with Crippen LogP contribution in [0.1, 0.15) is 52.9 Å². The number of piperidine rings is 1. The van der Waals surface area contributed by atoms with Crippen molar-refractivity contribution in [1.29, 1.82) is 5.26 Å². The van der Waals surface area contributed by atoms with Crippen LogP contribution in [-0.4, -0.2) is 46.1 Å². The third kappa shape index (κ3) is 3.84. The zero-order chi connectivity index (χ0) is 20.5. The Bertz CT molecular complexity index is 1030. The third-order valence-corrected chi connectivity index (χ3v) is 6.70. The Balaban J connectivity index is 1.95. The Labute approximate surface area is 164 Å². The second-order valence-corrected chi connectivity index (χ2v) is 9.01. The summed E-state index contributed by atoms with van der Waals surface area (Å²) in [6.07, 6.45) is 4.11. The third-order valence-electron chi connectivity index (χ3n) is 4.83. The number of ketones is 1.